The lowest BCUT2D eigenvalue weighted by atomic mass is 10.4. The fourth-order valence-electron chi connectivity index (χ4n) is 1.16. The average Bonchev–Trinajstić information content (AvgIpc) is 2.61. The van der Waals surface area contributed by atoms with Crippen molar-refractivity contribution in [3.8, 4) is 0 Å². The van der Waals surface area contributed by atoms with Crippen molar-refractivity contribution >= 4 is 16.3 Å². The molecule has 0 aliphatic rings. The second-order valence-electron chi connectivity index (χ2n) is 2.78. The summed E-state index contributed by atoms with van der Waals surface area (Å²) >= 11 is 1.59. The van der Waals surface area contributed by atoms with Crippen LogP contribution in [0.15, 0.2) is 6.20 Å². The number of fused-ring (bicyclic) bond motifs is 1. The van der Waals surface area contributed by atoms with E-state index in [1.165, 1.54) is 0 Å². The van der Waals surface area contributed by atoms with E-state index in [9.17, 15) is 0 Å². The SMILES string of the molecule is CCc1nc2sc(CCO)cn2n1. The first kappa shape index (κ1) is 8.65. The summed E-state index contributed by atoms with van der Waals surface area (Å²) in [7, 11) is 0. The summed E-state index contributed by atoms with van der Waals surface area (Å²) < 4.78 is 1.79. The second-order valence-corrected chi connectivity index (χ2v) is 3.87. The lowest BCUT2D eigenvalue weighted by Crippen LogP contribution is -1.88. The van der Waals surface area contributed by atoms with Crippen LogP contribution >= 0.6 is 11.3 Å². The van der Waals surface area contributed by atoms with Gasteiger partial charge < -0.3 is 5.11 Å². The lowest BCUT2D eigenvalue weighted by Gasteiger charge is -1.86. The number of aromatic nitrogens is 3. The molecule has 2 rings (SSSR count). The van der Waals surface area contributed by atoms with Gasteiger partial charge in [0.2, 0.25) is 4.96 Å². The Morgan fingerprint density at radius 2 is 2.46 bits per heavy atom. The van der Waals surface area contributed by atoms with Crippen molar-refractivity contribution < 1.29 is 5.11 Å². The molecule has 0 fully saturated rings. The summed E-state index contributed by atoms with van der Waals surface area (Å²) in [5.41, 5.74) is 0. The maximum atomic E-state index is 8.74. The molecule has 0 atom stereocenters. The van der Waals surface area contributed by atoms with E-state index in [1.807, 2.05) is 13.1 Å². The molecule has 0 saturated heterocycles. The first-order chi connectivity index (χ1) is 6.33. The van der Waals surface area contributed by atoms with E-state index >= 15 is 0 Å². The topological polar surface area (TPSA) is 50.4 Å². The van der Waals surface area contributed by atoms with Gasteiger partial charge >= 0.3 is 0 Å². The number of aliphatic hydroxyl groups excluding tert-OH is 1. The zero-order valence-electron chi connectivity index (χ0n) is 7.40. The van der Waals surface area contributed by atoms with Gasteiger partial charge in [-0.15, -0.1) is 0 Å². The van der Waals surface area contributed by atoms with E-state index in [-0.39, 0.29) is 6.61 Å². The van der Waals surface area contributed by atoms with Crippen molar-refractivity contribution in [1.82, 2.24) is 14.6 Å². The summed E-state index contributed by atoms with van der Waals surface area (Å²) in [5.74, 6) is 0.877. The molecule has 0 aromatic carbocycles. The molecule has 2 aromatic rings. The summed E-state index contributed by atoms with van der Waals surface area (Å²) in [6, 6.07) is 0. The van der Waals surface area contributed by atoms with E-state index < -0.39 is 0 Å². The average molecular weight is 197 g/mol. The quantitative estimate of drug-likeness (QED) is 0.795. The van der Waals surface area contributed by atoms with Crippen LogP contribution in [-0.4, -0.2) is 26.3 Å². The van der Waals surface area contributed by atoms with Crippen molar-refractivity contribution in [3.63, 3.8) is 0 Å². The van der Waals surface area contributed by atoms with E-state index in [1.54, 1.807) is 15.9 Å². The van der Waals surface area contributed by atoms with Crippen LogP contribution in [0.25, 0.3) is 4.96 Å². The molecule has 0 bridgehead atoms. The van der Waals surface area contributed by atoms with Crippen LogP contribution in [0.4, 0.5) is 0 Å². The first-order valence-electron chi connectivity index (χ1n) is 4.28. The minimum atomic E-state index is 0.185. The lowest BCUT2D eigenvalue weighted by molar-refractivity contribution is 0.300. The van der Waals surface area contributed by atoms with E-state index in [0.29, 0.717) is 6.42 Å². The zero-order chi connectivity index (χ0) is 9.26. The smallest absolute Gasteiger partial charge is 0.212 e. The molecule has 4 nitrogen and oxygen atoms in total. The van der Waals surface area contributed by atoms with Crippen LogP contribution < -0.4 is 0 Å². The number of nitrogens with zero attached hydrogens (tertiary/aromatic N) is 3. The Bertz CT molecular complexity index is 375. The standard InChI is InChI=1S/C8H11N3OS/c1-2-7-9-8-11(10-7)5-6(13-8)3-4-12/h5,12H,2-4H2,1H3. The summed E-state index contributed by atoms with van der Waals surface area (Å²) in [6.07, 6.45) is 3.49. The molecule has 2 aromatic heterocycles. The number of hydrogen-bond donors (Lipinski definition) is 1. The highest BCUT2D eigenvalue weighted by atomic mass is 32.1. The van der Waals surface area contributed by atoms with E-state index in [4.69, 9.17) is 5.11 Å². The normalized spacial score (nSPS) is 11.2. The molecule has 5 heteroatoms. The highest BCUT2D eigenvalue weighted by Crippen LogP contribution is 2.16. The molecule has 0 aliphatic carbocycles. The molecule has 2 heterocycles. The van der Waals surface area contributed by atoms with Crippen molar-refractivity contribution in [1.29, 1.82) is 0 Å². The van der Waals surface area contributed by atoms with Gasteiger partial charge in [-0.3, -0.25) is 0 Å². The van der Waals surface area contributed by atoms with Gasteiger partial charge in [-0.2, -0.15) is 5.10 Å². The molecule has 70 valence electrons. The van der Waals surface area contributed by atoms with E-state index in [0.717, 1.165) is 22.1 Å². The third-order valence-electron chi connectivity index (χ3n) is 1.81. The molecule has 0 saturated carbocycles. The predicted octanol–water partition coefficient (Wildman–Crippen LogP) is 0.888. The Morgan fingerprint density at radius 1 is 1.62 bits per heavy atom. The Labute approximate surface area is 79.9 Å². The Balaban J connectivity index is 2.36. The molecule has 0 aliphatic heterocycles. The maximum Gasteiger partial charge on any atom is 0.212 e. The van der Waals surface area contributed by atoms with Crippen LogP contribution in [0.1, 0.15) is 17.6 Å². The molecule has 0 spiro atoms. The largest absolute Gasteiger partial charge is 0.396 e. The van der Waals surface area contributed by atoms with Crippen LogP contribution in [0.5, 0.6) is 0 Å². The number of aryl methyl sites for hydroxylation is 1. The second kappa shape index (κ2) is 3.43. The van der Waals surface area contributed by atoms with Gasteiger partial charge in [0.25, 0.3) is 0 Å². The highest BCUT2D eigenvalue weighted by molar-refractivity contribution is 7.17. The molecular formula is C8H11N3OS. The Morgan fingerprint density at radius 3 is 3.08 bits per heavy atom. The fourth-order valence-corrected chi connectivity index (χ4v) is 2.08. The highest BCUT2D eigenvalue weighted by Gasteiger charge is 2.05. The van der Waals surface area contributed by atoms with Crippen LogP contribution in [0.2, 0.25) is 0 Å². The van der Waals surface area contributed by atoms with Gasteiger partial charge in [-0.25, -0.2) is 9.50 Å². The Kier molecular flexibility index (Phi) is 2.28. The van der Waals surface area contributed by atoms with Gasteiger partial charge in [0.1, 0.15) is 0 Å². The maximum absolute atomic E-state index is 8.74. The summed E-state index contributed by atoms with van der Waals surface area (Å²) in [6.45, 7) is 2.22. The third-order valence-corrected chi connectivity index (χ3v) is 2.84. The molecule has 0 amide bonds. The monoisotopic (exact) mass is 197 g/mol. The van der Waals surface area contributed by atoms with Crippen molar-refractivity contribution in [2.45, 2.75) is 19.8 Å². The van der Waals surface area contributed by atoms with Crippen LogP contribution in [-0.2, 0) is 12.8 Å². The van der Waals surface area contributed by atoms with Crippen molar-refractivity contribution in [3.05, 3.63) is 16.9 Å². The van der Waals surface area contributed by atoms with E-state index in [2.05, 4.69) is 10.1 Å². The minimum absolute atomic E-state index is 0.185. The number of thiazole rings is 1. The van der Waals surface area contributed by atoms with Crippen molar-refractivity contribution in [2.75, 3.05) is 6.61 Å². The Hall–Kier alpha value is -0.940. The van der Waals surface area contributed by atoms with Gasteiger partial charge in [0.15, 0.2) is 5.82 Å². The van der Waals surface area contributed by atoms with Gasteiger partial charge in [0.05, 0.1) is 0 Å². The molecule has 0 unspecified atom stereocenters. The number of rotatable bonds is 3. The van der Waals surface area contributed by atoms with Crippen molar-refractivity contribution in [2.24, 2.45) is 0 Å². The minimum Gasteiger partial charge on any atom is -0.396 e. The van der Waals surface area contributed by atoms with Crippen LogP contribution in [0.3, 0.4) is 0 Å². The number of hydrogen-bond acceptors (Lipinski definition) is 4. The number of aliphatic hydroxyl groups is 1. The molecule has 13 heavy (non-hydrogen) atoms. The summed E-state index contributed by atoms with van der Waals surface area (Å²) in [4.78, 5) is 6.36. The van der Waals surface area contributed by atoms with Gasteiger partial charge in [0, 0.05) is 30.5 Å². The first-order valence-corrected chi connectivity index (χ1v) is 5.10. The third kappa shape index (κ3) is 1.57. The molecular weight excluding hydrogens is 186 g/mol. The molecule has 1 N–H and O–H groups in total. The van der Waals surface area contributed by atoms with Crippen LogP contribution in [0, 0.1) is 0 Å². The zero-order valence-corrected chi connectivity index (χ0v) is 8.21. The predicted molar refractivity (Wildman–Crippen MR) is 51.0 cm³/mol. The van der Waals surface area contributed by atoms with Gasteiger partial charge in [-0.1, -0.05) is 18.3 Å². The fraction of sp³-hybridized carbons (Fsp3) is 0.500. The van der Waals surface area contributed by atoms with Gasteiger partial charge in [-0.05, 0) is 0 Å². The molecule has 0 radical (unpaired) electrons. The summed E-state index contributed by atoms with van der Waals surface area (Å²) in [5, 5.41) is 13.0.